The highest BCUT2D eigenvalue weighted by Crippen LogP contribution is 2.44. The van der Waals surface area contributed by atoms with Crippen molar-refractivity contribution in [2.75, 3.05) is 13.2 Å². The third-order valence-corrected chi connectivity index (χ3v) is 7.45. The van der Waals surface area contributed by atoms with E-state index < -0.39 is 30.1 Å². The lowest BCUT2D eigenvalue weighted by atomic mass is 9.97. The summed E-state index contributed by atoms with van der Waals surface area (Å²) in [7, 11) is 0. The van der Waals surface area contributed by atoms with Crippen LogP contribution in [0.1, 0.15) is 50.7 Å². The van der Waals surface area contributed by atoms with E-state index in [-0.39, 0.29) is 24.3 Å². The third-order valence-electron chi connectivity index (χ3n) is 7.45. The number of aliphatic carboxylic acids is 1. The second-order valence-corrected chi connectivity index (χ2v) is 9.34. The Bertz CT molecular complexity index is 1040. The second-order valence-electron chi connectivity index (χ2n) is 9.34. The number of hydrogen-bond acceptors (Lipinski definition) is 4. The molecule has 4 unspecified atom stereocenters. The van der Waals surface area contributed by atoms with Gasteiger partial charge in [-0.15, -0.1) is 0 Å². The number of carboxylic acids is 1. The molecular weight excluding hydrogens is 432 g/mol. The molecular formula is C27H32N2O5. The average Bonchev–Trinajstić information content (AvgIpc) is 3.38. The molecule has 0 saturated carbocycles. The Kier molecular flexibility index (Phi) is 6.91. The van der Waals surface area contributed by atoms with Crippen molar-refractivity contribution >= 4 is 18.0 Å². The van der Waals surface area contributed by atoms with Gasteiger partial charge in [0.15, 0.2) is 0 Å². The van der Waals surface area contributed by atoms with Gasteiger partial charge in [-0.2, -0.15) is 0 Å². The predicted molar refractivity (Wildman–Crippen MR) is 128 cm³/mol. The van der Waals surface area contributed by atoms with Gasteiger partial charge in [-0.25, -0.2) is 4.79 Å². The van der Waals surface area contributed by atoms with Crippen LogP contribution in [0, 0.1) is 11.8 Å². The summed E-state index contributed by atoms with van der Waals surface area (Å²) in [5, 5.41) is 12.2. The summed E-state index contributed by atoms with van der Waals surface area (Å²) in [6.45, 7) is 6.16. The lowest BCUT2D eigenvalue weighted by Gasteiger charge is -2.31. The van der Waals surface area contributed by atoms with Crippen LogP contribution in [0.5, 0.6) is 0 Å². The number of likely N-dealkylation sites (tertiary alicyclic amines) is 1. The lowest BCUT2D eigenvalue weighted by Crippen LogP contribution is -2.53. The minimum absolute atomic E-state index is 0.0640. The minimum Gasteiger partial charge on any atom is -0.481 e. The number of ether oxygens (including phenoxy) is 1. The fraction of sp³-hybridized carbons (Fsp3) is 0.444. The average molecular weight is 465 g/mol. The van der Waals surface area contributed by atoms with E-state index >= 15 is 0 Å². The minimum atomic E-state index is -0.896. The zero-order valence-corrected chi connectivity index (χ0v) is 19.9. The van der Waals surface area contributed by atoms with E-state index in [4.69, 9.17) is 4.74 Å². The van der Waals surface area contributed by atoms with Gasteiger partial charge in [0, 0.05) is 18.5 Å². The number of carboxylic acid groups (broad SMARTS) is 1. The van der Waals surface area contributed by atoms with Gasteiger partial charge in [-0.3, -0.25) is 9.59 Å². The zero-order valence-electron chi connectivity index (χ0n) is 19.9. The molecule has 7 nitrogen and oxygen atoms in total. The Balaban J connectivity index is 1.44. The SMILES string of the molecule is CCC(C)C(NC(=O)OCC1c2ccccc2-c2ccccc21)C(=O)N1CCC(C(=O)O)C1C. The van der Waals surface area contributed by atoms with E-state index in [2.05, 4.69) is 29.6 Å². The summed E-state index contributed by atoms with van der Waals surface area (Å²) in [5.41, 5.74) is 4.54. The molecule has 0 bridgehead atoms. The van der Waals surface area contributed by atoms with Gasteiger partial charge < -0.3 is 20.1 Å². The standard InChI is InChI=1S/C27H32N2O5/c1-4-16(2)24(25(30)29-14-13-18(17(29)3)26(31)32)28-27(33)34-15-23-21-11-7-5-9-19(21)20-10-6-8-12-22(20)23/h5-12,16-18,23-24H,4,13-15H2,1-3H3,(H,28,33)(H,31,32). The molecule has 1 saturated heterocycles. The van der Waals surface area contributed by atoms with Crippen molar-refractivity contribution in [3.05, 3.63) is 59.7 Å². The fourth-order valence-corrected chi connectivity index (χ4v) is 5.21. The fourth-order valence-electron chi connectivity index (χ4n) is 5.21. The van der Waals surface area contributed by atoms with Crippen LogP contribution in [0.25, 0.3) is 11.1 Å². The molecule has 180 valence electrons. The number of fused-ring (bicyclic) bond motifs is 3. The molecule has 2 N–H and O–H groups in total. The third kappa shape index (κ3) is 4.39. The summed E-state index contributed by atoms with van der Waals surface area (Å²) in [4.78, 5) is 39.2. The highest BCUT2D eigenvalue weighted by Gasteiger charge is 2.41. The van der Waals surface area contributed by atoms with Crippen LogP contribution in [-0.4, -0.2) is 53.2 Å². The normalized spacial score (nSPS) is 20.9. The predicted octanol–water partition coefficient (Wildman–Crippen LogP) is 4.26. The van der Waals surface area contributed by atoms with Crippen LogP contribution >= 0.6 is 0 Å². The number of amides is 2. The molecule has 7 heteroatoms. The molecule has 2 amide bonds. The topological polar surface area (TPSA) is 95.9 Å². The first kappa shape index (κ1) is 23.8. The Morgan fingerprint density at radius 2 is 1.68 bits per heavy atom. The molecule has 2 aromatic rings. The van der Waals surface area contributed by atoms with Crippen molar-refractivity contribution in [2.45, 2.75) is 51.6 Å². The number of benzene rings is 2. The van der Waals surface area contributed by atoms with Crippen molar-refractivity contribution in [1.82, 2.24) is 10.2 Å². The number of carbonyl (C=O) groups is 3. The molecule has 0 spiro atoms. The molecule has 1 heterocycles. The summed E-state index contributed by atoms with van der Waals surface area (Å²) in [5.74, 6) is -1.92. The van der Waals surface area contributed by atoms with E-state index in [0.717, 1.165) is 22.3 Å². The number of alkyl carbamates (subject to hydrolysis) is 1. The van der Waals surface area contributed by atoms with Gasteiger partial charge in [-0.1, -0.05) is 68.8 Å². The first-order valence-corrected chi connectivity index (χ1v) is 12.0. The second kappa shape index (κ2) is 9.87. The van der Waals surface area contributed by atoms with E-state index in [0.29, 0.717) is 19.4 Å². The zero-order chi connectivity index (χ0) is 24.4. The van der Waals surface area contributed by atoms with Crippen LogP contribution in [0.4, 0.5) is 4.79 Å². The van der Waals surface area contributed by atoms with Crippen molar-refractivity contribution in [3.8, 4) is 11.1 Å². The van der Waals surface area contributed by atoms with Crippen molar-refractivity contribution in [1.29, 1.82) is 0 Å². The maximum atomic E-state index is 13.3. The largest absolute Gasteiger partial charge is 0.481 e. The van der Waals surface area contributed by atoms with Gasteiger partial charge in [0.05, 0.1) is 5.92 Å². The first-order valence-electron chi connectivity index (χ1n) is 12.0. The van der Waals surface area contributed by atoms with Crippen molar-refractivity contribution in [3.63, 3.8) is 0 Å². The molecule has 1 aliphatic heterocycles. The molecule has 4 atom stereocenters. The number of rotatable bonds is 7. The Morgan fingerprint density at radius 1 is 1.09 bits per heavy atom. The lowest BCUT2D eigenvalue weighted by molar-refractivity contribution is -0.143. The molecule has 1 fully saturated rings. The van der Waals surface area contributed by atoms with Crippen LogP contribution in [0.15, 0.2) is 48.5 Å². The number of carbonyl (C=O) groups excluding carboxylic acids is 2. The quantitative estimate of drug-likeness (QED) is 0.638. The monoisotopic (exact) mass is 464 g/mol. The molecule has 34 heavy (non-hydrogen) atoms. The van der Waals surface area contributed by atoms with Crippen LogP contribution in [0.2, 0.25) is 0 Å². The van der Waals surface area contributed by atoms with E-state index in [1.165, 1.54) is 0 Å². The van der Waals surface area contributed by atoms with Crippen LogP contribution in [0.3, 0.4) is 0 Å². The smallest absolute Gasteiger partial charge is 0.407 e. The van der Waals surface area contributed by atoms with Gasteiger partial charge in [0.1, 0.15) is 12.6 Å². The summed E-state index contributed by atoms with van der Waals surface area (Å²) in [6.07, 6.45) is 0.465. The van der Waals surface area contributed by atoms with Gasteiger partial charge in [0.25, 0.3) is 0 Å². The Labute approximate surface area is 200 Å². The summed E-state index contributed by atoms with van der Waals surface area (Å²) < 4.78 is 5.65. The highest BCUT2D eigenvalue weighted by atomic mass is 16.5. The van der Waals surface area contributed by atoms with Crippen LogP contribution < -0.4 is 5.32 Å². The highest BCUT2D eigenvalue weighted by molar-refractivity contribution is 5.87. The van der Waals surface area contributed by atoms with E-state index in [1.54, 1.807) is 11.8 Å². The molecule has 0 radical (unpaired) electrons. The van der Waals surface area contributed by atoms with Crippen molar-refractivity contribution in [2.24, 2.45) is 11.8 Å². The number of hydrogen-bond donors (Lipinski definition) is 2. The van der Waals surface area contributed by atoms with Gasteiger partial charge >= 0.3 is 12.1 Å². The summed E-state index contributed by atoms with van der Waals surface area (Å²) in [6, 6.07) is 15.1. The molecule has 0 aromatic heterocycles. The van der Waals surface area contributed by atoms with Crippen molar-refractivity contribution < 1.29 is 24.2 Å². The Hall–Kier alpha value is -3.35. The summed E-state index contributed by atoms with van der Waals surface area (Å²) >= 11 is 0. The van der Waals surface area contributed by atoms with Crippen LogP contribution in [-0.2, 0) is 14.3 Å². The van der Waals surface area contributed by atoms with Gasteiger partial charge in [-0.05, 0) is 41.5 Å². The van der Waals surface area contributed by atoms with Gasteiger partial charge in [0.2, 0.25) is 5.91 Å². The number of nitrogens with one attached hydrogen (secondary N) is 1. The molecule has 2 aromatic carbocycles. The number of nitrogens with zero attached hydrogens (tertiary/aromatic N) is 1. The maximum absolute atomic E-state index is 13.3. The molecule has 2 aliphatic rings. The molecule has 1 aliphatic carbocycles. The van der Waals surface area contributed by atoms with E-state index in [9.17, 15) is 19.5 Å². The Morgan fingerprint density at radius 3 is 2.21 bits per heavy atom. The van der Waals surface area contributed by atoms with E-state index in [1.807, 2.05) is 38.1 Å². The molecule has 4 rings (SSSR count). The maximum Gasteiger partial charge on any atom is 0.407 e. The first-order chi connectivity index (χ1) is 16.3.